The van der Waals surface area contributed by atoms with Crippen molar-refractivity contribution in [3.8, 4) is 5.75 Å². The lowest BCUT2D eigenvalue weighted by molar-refractivity contribution is 0.0937. The zero-order valence-corrected chi connectivity index (χ0v) is 20.0. The number of aromatic nitrogens is 1. The average molecular weight is 447 g/mol. The first-order chi connectivity index (χ1) is 15.9. The first-order valence-corrected chi connectivity index (χ1v) is 11.8. The van der Waals surface area contributed by atoms with Gasteiger partial charge in [-0.2, -0.15) is 0 Å². The number of hydrogen-bond donors (Lipinski definition) is 1. The number of amides is 1. The number of fused-ring (bicyclic) bond motifs is 1. The second kappa shape index (κ2) is 10.1. The molecule has 33 heavy (non-hydrogen) atoms. The number of carbonyl (C=O) groups excluding carboxylic acids is 1. The number of hydrogen-bond acceptors (Lipinski definition) is 5. The quantitative estimate of drug-likeness (QED) is 0.568. The normalized spacial score (nSPS) is 15.1. The fraction of sp³-hybridized carbons (Fsp3) is 0.407. The van der Waals surface area contributed by atoms with Gasteiger partial charge in [0.2, 0.25) is 0 Å². The van der Waals surface area contributed by atoms with Gasteiger partial charge >= 0.3 is 0 Å². The van der Waals surface area contributed by atoms with E-state index in [-0.39, 0.29) is 11.9 Å². The Hall–Kier alpha value is -3.28. The van der Waals surface area contributed by atoms with Crippen LogP contribution in [0.2, 0.25) is 0 Å². The van der Waals surface area contributed by atoms with E-state index in [1.807, 2.05) is 42.5 Å². The highest BCUT2D eigenvalue weighted by Crippen LogP contribution is 2.26. The fourth-order valence-electron chi connectivity index (χ4n) is 4.57. The van der Waals surface area contributed by atoms with Crippen LogP contribution in [0.1, 0.15) is 37.6 Å². The molecule has 6 heteroatoms. The van der Waals surface area contributed by atoms with Gasteiger partial charge in [0.25, 0.3) is 5.91 Å². The number of nitrogens with zero attached hydrogens (tertiary/aromatic N) is 3. The maximum atomic E-state index is 13.2. The van der Waals surface area contributed by atoms with Gasteiger partial charge in [-0.3, -0.25) is 4.79 Å². The molecule has 174 valence electrons. The molecule has 0 bridgehead atoms. The van der Waals surface area contributed by atoms with Crippen molar-refractivity contribution in [3.05, 3.63) is 60.2 Å². The van der Waals surface area contributed by atoms with E-state index in [2.05, 4.69) is 48.0 Å². The molecule has 2 heterocycles. The average Bonchev–Trinajstić information content (AvgIpc) is 2.83. The maximum absolute atomic E-state index is 13.2. The van der Waals surface area contributed by atoms with Crippen molar-refractivity contribution in [2.45, 2.75) is 33.2 Å². The predicted octanol–water partition coefficient (Wildman–Crippen LogP) is 4.73. The standard InChI is InChI=1S/C27H34N4O2/c1-19(2)17-20(3)28-27(32)24-18-26(29-25-8-6-5-7-23(24)25)31-15-13-30(14-16-31)21-9-11-22(33-4)12-10-21/h5-12,18-20H,13-17H2,1-4H3,(H,28,32). The van der Waals surface area contributed by atoms with Crippen molar-refractivity contribution in [3.63, 3.8) is 0 Å². The molecular weight excluding hydrogens is 412 g/mol. The lowest BCUT2D eigenvalue weighted by Gasteiger charge is -2.37. The number of rotatable bonds is 7. The summed E-state index contributed by atoms with van der Waals surface area (Å²) in [4.78, 5) is 22.8. The second-order valence-electron chi connectivity index (χ2n) is 9.22. The lowest BCUT2D eigenvalue weighted by atomic mass is 10.0. The van der Waals surface area contributed by atoms with Crippen molar-refractivity contribution in [2.75, 3.05) is 43.1 Å². The van der Waals surface area contributed by atoms with Gasteiger partial charge in [0.1, 0.15) is 11.6 Å². The van der Waals surface area contributed by atoms with Crippen LogP contribution in [0.25, 0.3) is 10.9 Å². The first-order valence-electron chi connectivity index (χ1n) is 11.8. The van der Waals surface area contributed by atoms with Crippen LogP contribution >= 0.6 is 0 Å². The van der Waals surface area contributed by atoms with Crippen molar-refractivity contribution in [2.24, 2.45) is 5.92 Å². The van der Waals surface area contributed by atoms with Crippen LogP contribution in [-0.2, 0) is 0 Å². The zero-order valence-electron chi connectivity index (χ0n) is 20.0. The third-order valence-electron chi connectivity index (χ3n) is 6.19. The van der Waals surface area contributed by atoms with Gasteiger partial charge < -0.3 is 19.9 Å². The van der Waals surface area contributed by atoms with Gasteiger partial charge in [-0.25, -0.2) is 4.98 Å². The molecule has 2 aromatic carbocycles. The molecule has 1 amide bonds. The van der Waals surface area contributed by atoms with Gasteiger partial charge in [-0.1, -0.05) is 32.0 Å². The lowest BCUT2D eigenvalue weighted by Crippen LogP contribution is -2.47. The number of pyridine rings is 1. The topological polar surface area (TPSA) is 57.7 Å². The Morgan fingerprint density at radius 1 is 1.00 bits per heavy atom. The van der Waals surface area contributed by atoms with E-state index in [0.29, 0.717) is 11.5 Å². The van der Waals surface area contributed by atoms with Gasteiger partial charge in [-0.05, 0) is 55.7 Å². The predicted molar refractivity (Wildman–Crippen MR) is 136 cm³/mol. The molecule has 1 aliphatic heterocycles. The van der Waals surface area contributed by atoms with E-state index >= 15 is 0 Å². The Morgan fingerprint density at radius 2 is 1.67 bits per heavy atom. The number of piperazine rings is 1. The number of ether oxygens (including phenoxy) is 1. The Bertz CT molecular complexity index is 1090. The smallest absolute Gasteiger partial charge is 0.252 e. The zero-order chi connectivity index (χ0) is 23.4. The Morgan fingerprint density at radius 3 is 2.33 bits per heavy atom. The molecule has 1 fully saturated rings. The van der Waals surface area contributed by atoms with Gasteiger partial charge in [0.05, 0.1) is 18.2 Å². The Balaban J connectivity index is 1.53. The van der Waals surface area contributed by atoms with E-state index in [1.54, 1.807) is 7.11 Å². The second-order valence-corrected chi connectivity index (χ2v) is 9.22. The summed E-state index contributed by atoms with van der Waals surface area (Å²) in [6, 6.07) is 18.2. The van der Waals surface area contributed by atoms with Crippen molar-refractivity contribution < 1.29 is 9.53 Å². The summed E-state index contributed by atoms with van der Waals surface area (Å²) in [6.07, 6.45) is 0.953. The molecule has 1 atom stereocenters. The third kappa shape index (κ3) is 5.38. The number of benzene rings is 2. The minimum Gasteiger partial charge on any atom is -0.497 e. The molecule has 1 saturated heterocycles. The van der Waals surface area contributed by atoms with Crippen LogP contribution in [0.5, 0.6) is 5.75 Å². The summed E-state index contributed by atoms with van der Waals surface area (Å²) in [7, 11) is 1.68. The minimum atomic E-state index is -0.0279. The molecule has 0 aliphatic carbocycles. The van der Waals surface area contributed by atoms with Crippen LogP contribution in [0.3, 0.4) is 0 Å². The molecular formula is C27H34N4O2. The summed E-state index contributed by atoms with van der Waals surface area (Å²) in [5.74, 6) is 2.24. The van der Waals surface area contributed by atoms with Crippen LogP contribution in [0.4, 0.5) is 11.5 Å². The number of para-hydroxylation sites is 1. The molecule has 4 rings (SSSR count). The Kier molecular flexibility index (Phi) is 7.02. The van der Waals surface area contributed by atoms with Crippen LogP contribution in [0, 0.1) is 5.92 Å². The third-order valence-corrected chi connectivity index (χ3v) is 6.19. The summed E-state index contributed by atoms with van der Waals surface area (Å²) in [6.45, 7) is 9.91. The summed E-state index contributed by atoms with van der Waals surface area (Å²) >= 11 is 0. The van der Waals surface area contributed by atoms with Crippen molar-refractivity contribution in [1.29, 1.82) is 0 Å². The van der Waals surface area contributed by atoms with Crippen LogP contribution in [-0.4, -0.2) is 50.2 Å². The summed E-state index contributed by atoms with van der Waals surface area (Å²) in [5.41, 5.74) is 2.75. The molecule has 6 nitrogen and oxygen atoms in total. The van der Waals surface area contributed by atoms with Crippen LogP contribution < -0.4 is 19.9 Å². The molecule has 1 aromatic heterocycles. The fourth-order valence-corrected chi connectivity index (χ4v) is 4.57. The molecule has 1 unspecified atom stereocenters. The van der Waals surface area contributed by atoms with Crippen LogP contribution in [0.15, 0.2) is 54.6 Å². The number of methoxy groups -OCH3 is 1. The highest BCUT2D eigenvalue weighted by Gasteiger charge is 2.22. The van der Waals surface area contributed by atoms with Crippen molar-refractivity contribution in [1.82, 2.24) is 10.3 Å². The molecule has 0 radical (unpaired) electrons. The minimum absolute atomic E-state index is 0.0279. The molecule has 1 N–H and O–H groups in total. The van der Waals surface area contributed by atoms with Gasteiger partial charge in [-0.15, -0.1) is 0 Å². The number of anilines is 2. The number of carbonyl (C=O) groups is 1. The molecule has 0 saturated carbocycles. The van der Waals surface area contributed by atoms with E-state index in [0.717, 1.165) is 55.1 Å². The molecule has 0 spiro atoms. The molecule has 1 aliphatic rings. The highest BCUT2D eigenvalue weighted by atomic mass is 16.5. The van der Waals surface area contributed by atoms with Crippen molar-refractivity contribution >= 4 is 28.3 Å². The summed E-state index contributed by atoms with van der Waals surface area (Å²) in [5, 5.41) is 4.08. The van der Waals surface area contributed by atoms with E-state index < -0.39 is 0 Å². The summed E-state index contributed by atoms with van der Waals surface area (Å²) < 4.78 is 5.27. The first kappa shape index (κ1) is 22.9. The monoisotopic (exact) mass is 446 g/mol. The van der Waals surface area contributed by atoms with E-state index in [1.165, 1.54) is 5.69 Å². The highest BCUT2D eigenvalue weighted by molar-refractivity contribution is 6.07. The maximum Gasteiger partial charge on any atom is 0.252 e. The van der Waals surface area contributed by atoms with E-state index in [9.17, 15) is 4.79 Å². The van der Waals surface area contributed by atoms with E-state index in [4.69, 9.17) is 9.72 Å². The SMILES string of the molecule is COc1ccc(N2CCN(c3cc(C(=O)NC(C)CC(C)C)c4ccccc4n3)CC2)cc1. The Labute approximate surface area is 196 Å². The van der Waals surface area contributed by atoms with Gasteiger partial charge in [0.15, 0.2) is 0 Å². The molecule has 3 aromatic rings. The number of nitrogens with one attached hydrogen (secondary N) is 1. The largest absolute Gasteiger partial charge is 0.497 e. The van der Waals surface area contributed by atoms with Gasteiger partial charge in [0, 0.05) is 43.3 Å².